The van der Waals surface area contributed by atoms with E-state index in [9.17, 15) is 0 Å². The summed E-state index contributed by atoms with van der Waals surface area (Å²) in [4.78, 5) is 2.73. The van der Waals surface area contributed by atoms with Crippen molar-refractivity contribution in [2.24, 2.45) is 11.7 Å². The molecule has 82 valence electrons. The zero-order valence-electron chi connectivity index (χ0n) is 9.25. The van der Waals surface area contributed by atoms with Gasteiger partial charge in [0.2, 0.25) is 0 Å². The van der Waals surface area contributed by atoms with Crippen LogP contribution in [0.5, 0.6) is 0 Å². The highest BCUT2D eigenvalue weighted by atomic mass is 15.2. The van der Waals surface area contributed by atoms with E-state index in [4.69, 9.17) is 5.73 Å². The van der Waals surface area contributed by atoms with Gasteiger partial charge >= 0.3 is 0 Å². The van der Waals surface area contributed by atoms with Gasteiger partial charge in [-0.15, -0.1) is 0 Å². The normalized spacial score (nSPS) is 35.8. The molecule has 2 N–H and O–H groups in total. The van der Waals surface area contributed by atoms with Gasteiger partial charge in [-0.1, -0.05) is 19.3 Å². The lowest BCUT2D eigenvalue weighted by Gasteiger charge is -2.32. The minimum absolute atomic E-state index is 0.788. The molecule has 2 heteroatoms. The number of nitrogens with zero attached hydrogens (tertiary/aromatic N) is 1. The average molecular weight is 196 g/mol. The maximum absolute atomic E-state index is 5.90. The van der Waals surface area contributed by atoms with Crippen molar-refractivity contribution in [3.63, 3.8) is 0 Å². The van der Waals surface area contributed by atoms with Crippen LogP contribution in [-0.2, 0) is 0 Å². The molecule has 2 fully saturated rings. The van der Waals surface area contributed by atoms with Crippen molar-refractivity contribution in [1.82, 2.24) is 4.90 Å². The minimum atomic E-state index is 0.788. The lowest BCUT2D eigenvalue weighted by Crippen LogP contribution is -2.41. The van der Waals surface area contributed by atoms with Crippen molar-refractivity contribution in [1.29, 1.82) is 0 Å². The van der Waals surface area contributed by atoms with Gasteiger partial charge in [0, 0.05) is 6.04 Å². The Balaban J connectivity index is 2.04. The van der Waals surface area contributed by atoms with E-state index >= 15 is 0 Å². The molecule has 2 heterocycles. The second-order valence-corrected chi connectivity index (χ2v) is 4.94. The topological polar surface area (TPSA) is 29.3 Å². The third-order valence-electron chi connectivity index (χ3n) is 4.03. The third-order valence-corrected chi connectivity index (χ3v) is 4.03. The predicted octanol–water partition coefficient (Wildman–Crippen LogP) is 1.99. The molecule has 2 rings (SSSR count). The number of nitrogens with two attached hydrogens (primary N) is 1. The lowest BCUT2D eigenvalue weighted by atomic mass is 9.92. The lowest BCUT2D eigenvalue weighted by molar-refractivity contribution is 0.160. The smallest absolute Gasteiger partial charge is 0.0135 e. The van der Waals surface area contributed by atoms with Crippen molar-refractivity contribution in [2.45, 2.75) is 51.0 Å². The van der Waals surface area contributed by atoms with E-state index in [0.717, 1.165) is 18.5 Å². The van der Waals surface area contributed by atoms with Gasteiger partial charge in [0.1, 0.15) is 0 Å². The highest BCUT2D eigenvalue weighted by Crippen LogP contribution is 2.28. The van der Waals surface area contributed by atoms with Crippen LogP contribution in [0.15, 0.2) is 0 Å². The Morgan fingerprint density at radius 2 is 1.64 bits per heavy atom. The summed E-state index contributed by atoms with van der Waals surface area (Å²) in [6, 6.07) is 0.824. The summed E-state index contributed by atoms with van der Waals surface area (Å²) in [6.07, 6.45) is 9.84. The largest absolute Gasteiger partial charge is 0.330 e. The molecule has 0 saturated carbocycles. The summed E-state index contributed by atoms with van der Waals surface area (Å²) in [7, 11) is 0. The van der Waals surface area contributed by atoms with Gasteiger partial charge < -0.3 is 10.6 Å². The molecule has 0 aromatic carbocycles. The maximum atomic E-state index is 5.90. The SMILES string of the molecule is NCC1CCCCN2CCCCC[C@H]12. The molecule has 0 aromatic rings. The highest BCUT2D eigenvalue weighted by Gasteiger charge is 2.29. The fraction of sp³-hybridized carbons (Fsp3) is 1.00. The summed E-state index contributed by atoms with van der Waals surface area (Å²) in [5.41, 5.74) is 5.90. The van der Waals surface area contributed by atoms with Crippen LogP contribution in [0.25, 0.3) is 0 Å². The average Bonchev–Trinajstić information content (AvgIpc) is 2.51. The van der Waals surface area contributed by atoms with Crippen LogP contribution in [0.4, 0.5) is 0 Å². The van der Waals surface area contributed by atoms with Crippen molar-refractivity contribution < 1.29 is 0 Å². The fourth-order valence-electron chi connectivity index (χ4n) is 3.19. The molecule has 0 amide bonds. The van der Waals surface area contributed by atoms with Crippen molar-refractivity contribution in [3.8, 4) is 0 Å². The third kappa shape index (κ3) is 2.29. The first kappa shape index (κ1) is 10.4. The standard InChI is InChI=1S/C12H24N2/c13-10-11-6-3-5-9-14-8-4-1-2-7-12(11)14/h11-12H,1-10,13H2/t11?,12-/m1/s1. The van der Waals surface area contributed by atoms with E-state index in [1.54, 1.807) is 0 Å². The number of rotatable bonds is 1. The summed E-state index contributed by atoms with van der Waals surface area (Å²) in [5.74, 6) is 0.788. The van der Waals surface area contributed by atoms with Gasteiger partial charge in [0.05, 0.1) is 0 Å². The van der Waals surface area contributed by atoms with Crippen LogP contribution in [0, 0.1) is 5.92 Å². The molecule has 14 heavy (non-hydrogen) atoms. The zero-order valence-corrected chi connectivity index (χ0v) is 9.25. The monoisotopic (exact) mass is 196 g/mol. The van der Waals surface area contributed by atoms with E-state index in [1.807, 2.05) is 0 Å². The summed E-state index contributed by atoms with van der Waals surface area (Å²) >= 11 is 0. The first-order chi connectivity index (χ1) is 6.92. The fourth-order valence-corrected chi connectivity index (χ4v) is 3.19. The first-order valence-electron chi connectivity index (χ1n) is 6.36. The van der Waals surface area contributed by atoms with Gasteiger partial charge in [-0.05, 0) is 51.2 Å². The minimum Gasteiger partial charge on any atom is -0.330 e. The molecule has 2 aliphatic heterocycles. The highest BCUT2D eigenvalue weighted by molar-refractivity contribution is 4.84. The molecule has 2 atom stereocenters. The van der Waals surface area contributed by atoms with Crippen LogP contribution < -0.4 is 5.73 Å². The molecule has 0 aliphatic carbocycles. The van der Waals surface area contributed by atoms with E-state index in [2.05, 4.69) is 4.90 Å². The number of fused-ring (bicyclic) bond motifs is 1. The molecule has 2 nitrogen and oxygen atoms in total. The quantitative estimate of drug-likeness (QED) is 0.695. The van der Waals surface area contributed by atoms with Crippen molar-refractivity contribution in [3.05, 3.63) is 0 Å². The van der Waals surface area contributed by atoms with Gasteiger partial charge in [-0.25, -0.2) is 0 Å². The molecule has 0 spiro atoms. The number of hydrogen-bond donors (Lipinski definition) is 1. The van der Waals surface area contributed by atoms with Gasteiger partial charge in [0.15, 0.2) is 0 Å². The van der Waals surface area contributed by atoms with Gasteiger partial charge in [0.25, 0.3) is 0 Å². The molecule has 1 unspecified atom stereocenters. The zero-order chi connectivity index (χ0) is 9.80. The predicted molar refractivity (Wildman–Crippen MR) is 60.2 cm³/mol. The Morgan fingerprint density at radius 1 is 0.929 bits per heavy atom. The number of hydrogen-bond acceptors (Lipinski definition) is 2. The van der Waals surface area contributed by atoms with E-state index in [1.165, 1.54) is 58.0 Å². The van der Waals surface area contributed by atoms with Crippen LogP contribution in [0.3, 0.4) is 0 Å². The Kier molecular flexibility index (Phi) is 3.82. The van der Waals surface area contributed by atoms with Crippen LogP contribution in [-0.4, -0.2) is 30.6 Å². The Bertz CT molecular complexity index is 168. The molecule has 0 aromatic heterocycles. The van der Waals surface area contributed by atoms with Crippen molar-refractivity contribution in [2.75, 3.05) is 19.6 Å². The van der Waals surface area contributed by atoms with Crippen LogP contribution in [0.2, 0.25) is 0 Å². The Morgan fingerprint density at radius 3 is 2.43 bits per heavy atom. The van der Waals surface area contributed by atoms with E-state index in [0.29, 0.717) is 0 Å². The van der Waals surface area contributed by atoms with Crippen LogP contribution >= 0.6 is 0 Å². The second-order valence-electron chi connectivity index (χ2n) is 4.94. The molecular weight excluding hydrogens is 172 g/mol. The van der Waals surface area contributed by atoms with Crippen LogP contribution in [0.1, 0.15) is 44.9 Å². The molecule has 0 radical (unpaired) electrons. The molecule has 2 aliphatic rings. The van der Waals surface area contributed by atoms with Gasteiger partial charge in [-0.2, -0.15) is 0 Å². The summed E-state index contributed by atoms with van der Waals surface area (Å²) in [6.45, 7) is 3.57. The second kappa shape index (κ2) is 5.13. The van der Waals surface area contributed by atoms with Gasteiger partial charge in [-0.3, -0.25) is 0 Å². The van der Waals surface area contributed by atoms with E-state index < -0.39 is 0 Å². The molecule has 2 saturated heterocycles. The first-order valence-corrected chi connectivity index (χ1v) is 6.36. The van der Waals surface area contributed by atoms with E-state index in [-0.39, 0.29) is 0 Å². The Hall–Kier alpha value is -0.0800. The molecular formula is C12H24N2. The summed E-state index contributed by atoms with van der Waals surface area (Å²) in [5, 5.41) is 0. The molecule has 0 bridgehead atoms. The maximum Gasteiger partial charge on any atom is 0.0135 e. The van der Waals surface area contributed by atoms with Crippen molar-refractivity contribution >= 4 is 0 Å². The Labute approximate surface area is 87.8 Å². The summed E-state index contributed by atoms with van der Waals surface area (Å²) < 4.78 is 0.